The van der Waals surface area contributed by atoms with Gasteiger partial charge in [-0.25, -0.2) is 0 Å². The molecule has 0 radical (unpaired) electrons. The Morgan fingerprint density at radius 2 is 1.78 bits per heavy atom. The van der Waals surface area contributed by atoms with E-state index < -0.39 is 0 Å². The molecule has 2 aromatic carbocycles. The zero-order valence-corrected chi connectivity index (χ0v) is 14.9. The average Bonchev–Trinajstić information content (AvgIpc) is 2.56. The Bertz CT molecular complexity index is 871. The van der Waals surface area contributed by atoms with Crippen LogP contribution in [0, 0.1) is 0 Å². The average molecular weight is 394 g/mol. The Kier molecular flexibility index (Phi) is 4.59. The third kappa shape index (κ3) is 3.21. The fraction of sp³-hybridized carbons (Fsp3) is 0.118. The number of aromatic nitrogens is 1. The molecule has 0 saturated heterocycles. The lowest BCUT2D eigenvalue weighted by atomic mass is 10.1. The molecular formula is C17H14BrClN2O2. The molecular weight excluding hydrogens is 380 g/mol. The van der Waals surface area contributed by atoms with Crippen molar-refractivity contribution in [3.05, 3.63) is 52.1 Å². The second kappa shape index (κ2) is 6.64. The summed E-state index contributed by atoms with van der Waals surface area (Å²) in [5.41, 5.74) is 2.58. The largest absolute Gasteiger partial charge is 0.495 e. The molecule has 0 aliphatic heterocycles. The van der Waals surface area contributed by atoms with Gasteiger partial charge in [0.25, 0.3) is 0 Å². The van der Waals surface area contributed by atoms with E-state index in [4.69, 9.17) is 21.1 Å². The van der Waals surface area contributed by atoms with Gasteiger partial charge in [-0.15, -0.1) is 0 Å². The number of methoxy groups -OCH3 is 2. The van der Waals surface area contributed by atoms with Crippen LogP contribution in [-0.2, 0) is 0 Å². The number of anilines is 2. The van der Waals surface area contributed by atoms with E-state index in [9.17, 15) is 0 Å². The van der Waals surface area contributed by atoms with Gasteiger partial charge in [0, 0.05) is 33.9 Å². The summed E-state index contributed by atoms with van der Waals surface area (Å²) < 4.78 is 11.7. The summed E-state index contributed by atoms with van der Waals surface area (Å²) in [5.74, 6) is 1.21. The van der Waals surface area contributed by atoms with Crippen LogP contribution in [0.4, 0.5) is 11.4 Å². The minimum Gasteiger partial charge on any atom is -0.495 e. The van der Waals surface area contributed by atoms with Crippen molar-refractivity contribution >= 4 is 49.8 Å². The number of hydrogen-bond donors (Lipinski definition) is 1. The Hall–Kier alpha value is -1.98. The number of benzene rings is 2. The molecule has 0 aliphatic carbocycles. The lowest BCUT2D eigenvalue weighted by molar-refractivity contribution is 0.405. The molecule has 0 saturated carbocycles. The van der Waals surface area contributed by atoms with E-state index in [0.717, 1.165) is 26.8 Å². The molecule has 4 nitrogen and oxygen atoms in total. The van der Waals surface area contributed by atoms with Crippen LogP contribution in [0.25, 0.3) is 10.9 Å². The summed E-state index contributed by atoms with van der Waals surface area (Å²) in [7, 11) is 3.18. The van der Waals surface area contributed by atoms with Gasteiger partial charge in [0.2, 0.25) is 0 Å². The zero-order chi connectivity index (χ0) is 16.4. The van der Waals surface area contributed by atoms with Crippen molar-refractivity contribution in [3.63, 3.8) is 0 Å². The minimum absolute atomic E-state index is 0.497. The van der Waals surface area contributed by atoms with Crippen LogP contribution < -0.4 is 14.8 Å². The van der Waals surface area contributed by atoms with Crippen molar-refractivity contribution in [2.24, 2.45) is 0 Å². The number of nitrogens with zero attached hydrogens (tertiary/aromatic N) is 1. The monoisotopic (exact) mass is 392 g/mol. The van der Waals surface area contributed by atoms with E-state index in [2.05, 4.69) is 26.2 Å². The maximum absolute atomic E-state index is 6.15. The molecule has 0 amide bonds. The minimum atomic E-state index is 0.497. The van der Waals surface area contributed by atoms with E-state index in [-0.39, 0.29) is 0 Å². The van der Waals surface area contributed by atoms with Gasteiger partial charge >= 0.3 is 0 Å². The van der Waals surface area contributed by atoms with Crippen molar-refractivity contribution < 1.29 is 9.47 Å². The second-order valence-electron chi connectivity index (χ2n) is 4.83. The maximum Gasteiger partial charge on any atom is 0.144 e. The van der Waals surface area contributed by atoms with E-state index in [0.29, 0.717) is 16.5 Å². The van der Waals surface area contributed by atoms with Crippen molar-refractivity contribution in [3.8, 4) is 11.5 Å². The Morgan fingerprint density at radius 1 is 1.00 bits per heavy atom. The number of hydrogen-bond acceptors (Lipinski definition) is 4. The lowest BCUT2D eigenvalue weighted by Crippen LogP contribution is -1.97. The molecule has 118 valence electrons. The molecule has 0 bridgehead atoms. The quantitative estimate of drug-likeness (QED) is 0.643. The second-order valence-corrected chi connectivity index (χ2v) is 6.15. The highest BCUT2D eigenvalue weighted by molar-refractivity contribution is 9.10. The molecule has 6 heteroatoms. The first-order valence-electron chi connectivity index (χ1n) is 6.85. The Labute approximate surface area is 147 Å². The van der Waals surface area contributed by atoms with Crippen LogP contribution >= 0.6 is 27.5 Å². The van der Waals surface area contributed by atoms with E-state index in [1.165, 1.54) is 0 Å². The summed E-state index contributed by atoms with van der Waals surface area (Å²) in [5, 5.41) is 4.87. The van der Waals surface area contributed by atoms with Gasteiger partial charge in [-0.2, -0.15) is 0 Å². The molecule has 0 atom stereocenters. The summed E-state index contributed by atoms with van der Waals surface area (Å²) in [6.07, 6.45) is 1.76. The standard InChI is InChI=1S/C17H14BrClN2O2/c1-22-16-9-15(17(23-2)8-12(16)19)21-14-5-6-20-13-4-3-10(18)7-11(13)14/h3-9H,1-2H3,(H,20,21). The van der Waals surface area contributed by atoms with Crippen molar-refractivity contribution in [1.29, 1.82) is 0 Å². The van der Waals surface area contributed by atoms with Crippen LogP contribution in [-0.4, -0.2) is 19.2 Å². The number of fused-ring (bicyclic) bond motifs is 1. The van der Waals surface area contributed by atoms with Gasteiger partial charge in [0.15, 0.2) is 0 Å². The van der Waals surface area contributed by atoms with Crippen LogP contribution in [0.15, 0.2) is 47.1 Å². The molecule has 1 N–H and O–H groups in total. The summed E-state index contributed by atoms with van der Waals surface area (Å²) in [6.45, 7) is 0. The molecule has 3 aromatic rings. The predicted molar refractivity (Wildman–Crippen MR) is 97.3 cm³/mol. The Morgan fingerprint density at radius 3 is 2.52 bits per heavy atom. The summed E-state index contributed by atoms with van der Waals surface area (Å²) in [4.78, 5) is 4.38. The smallest absolute Gasteiger partial charge is 0.144 e. The van der Waals surface area contributed by atoms with Crippen molar-refractivity contribution in [2.75, 3.05) is 19.5 Å². The van der Waals surface area contributed by atoms with Gasteiger partial charge in [-0.3, -0.25) is 4.98 Å². The zero-order valence-electron chi connectivity index (χ0n) is 12.6. The molecule has 1 aromatic heterocycles. The van der Waals surface area contributed by atoms with Crippen LogP contribution in [0.3, 0.4) is 0 Å². The highest BCUT2D eigenvalue weighted by atomic mass is 79.9. The third-order valence-corrected chi connectivity index (χ3v) is 4.24. The number of rotatable bonds is 4. The van der Waals surface area contributed by atoms with Gasteiger partial charge < -0.3 is 14.8 Å². The topological polar surface area (TPSA) is 43.4 Å². The number of ether oxygens (including phenoxy) is 2. The van der Waals surface area contributed by atoms with E-state index in [1.54, 1.807) is 26.5 Å². The molecule has 23 heavy (non-hydrogen) atoms. The molecule has 3 rings (SSSR count). The van der Waals surface area contributed by atoms with E-state index in [1.807, 2.05) is 30.3 Å². The van der Waals surface area contributed by atoms with Gasteiger partial charge in [-0.1, -0.05) is 27.5 Å². The molecule has 0 spiro atoms. The van der Waals surface area contributed by atoms with Crippen LogP contribution in [0.5, 0.6) is 11.5 Å². The van der Waals surface area contributed by atoms with Crippen molar-refractivity contribution in [2.45, 2.75) is 0 Å². The van der Waals surface area contributed by atoms with Crippen molar-refractivity contribution in [1.82, 2.24) is 4.98 Å². The van der Waals surface area contributed by atoms with Gasteiger partial charge in [0.1, 0.15) is 11.5 Å². The first-order valence-corrected chi connectivity index (χ1v) is 8.02. The number of halogens is 2. The molecule has 0 unspecified atom stereocenters. The Balaban J connectivity index is 2.10. The molecule has 1 heterocycles. The first-order chi connectivity index (χ1) is 11.1. The fourth-order valence-electron chi connectivity index (χ4n) is 2.33. The summed E-state index contributed by atoms with van der Waals surface area (Å²) >= 11 is 9.64. The normalized spacial score (nSPS) is 10.6. The predicted octanol–water partition coefficient (Wildman–Crippen LogP) is 5.41. The molecule has 0 aliphatic rings. The van der Waals surface area contributed by atoms with Crippen LogP contribution in [0.1, 0.15) is 0 Å². The number of pyridine rings is 1. The van der Waals surface area contributed by atoms with E-state index >= 15 is 0 Å². The maximum atomic E-state index is 6.15. The fourth-order valence-corrected chi connectivity index (χ4v) is 2.92. The highest BCUT2D eigenvalue weighted by Crippen LogP contribution is 2.38. The molecule has 0 fully saturated rings. The van der Waals surface area contributed by atoms with Gasteiger partial charge in [0.05, 0.1) is 30.4 Å². The number of nitrogens with one attached hydrogen (secondary N) is 1. The first kappa shape index (κ1) is 15.9. The van der Waals surface area contributed by atoms with Gasteiger partial charge in [-0.05, 0) is 24.3 Å². The third-order valence-electron chi connectivity index (χ3n) is 3.45. The SMILES string of the molecule is COc1cc(Nc2ccnc3ccc(Br)cc23)c(OC)cc1Cl. The highest BCUT2D eigenvalue weighted by Gasteiger charge is 2.11. The summed E-state index contributed by atoms with van der Waals surface area (Å²) in [6, 6.07) is 11.4. The lowest BCUT2D eigenvalue weighted by Gasteiger charge is -2.15. The van der Waals surface area contributed by atoms with Crippen LogP contribution in [0.2, 0.25) is 5.02 Å².